The minimum atomic E-state index is -0.157. The molecule has 31 heavy (non-hydrogen) atoms. The molecule has 0 bridgehead atoms. The zero-order valence-corrected chi connectivity index (χ0v) is 18.8. The molecule has 7 nitrogen and oxygen atoms in total. The van der Waals surface area contributed by atoms with E-state index in [-0.39, 0.29) is 17.5 Å². The highest BCUT2D eigenvalue weighted by Crippen LogP contribution is 2.26. The molecule has 1 fully saturated rings. The first-order valence-electron chi connectivity index (χ1n) is 10.9. The van der Waals surface area contributed by atoms with E-state index >= 15 is 0 Å². The van der Waals surface area contributed by atoms with E-state index in [0.29, 0.717) is 12.1 Å². The molecule has 0 aliphatic carbocycles. The van der Waals surface area contributed by atoms with Crippen LogP contribution in [0.4, 0.5) is 0 Å². The number of nitrogens with zero attached hydrogens (tertiary/aromatic N) is 4. The summed E-state index contributed by atoms with van der Waals surface area (Å²) in [6.07, 6.45) is 1.75. The maximum Gasteiger partial charge on any atom is 0.252 e. The molecular weight excluding hydrogens is 390 g/mol. The Morgan fingerprint density at radius 1 is 1.19 bits per heavy atom. The van der Waals surface area contributed by atoms with E-state index in [1.807, 2.05) is 41.1 Å². The first kappa shape index (κ1) is 21.5. The van der Waals surface area contributed by atoms with Gasteiger partial charge in [-0.3, -0.25) is 9.69 Å². The predicted octanol–water partition coefficient (Wildman–Crippen LogP) is 3.52. The minimum Gasteiger partial charge on any atom is -0.379 e. The highest BCUT2D eigenvalue weighted by Gasteiger charge is 2.29. The molecule has 0 saturated carbocycles. The Kier molecular flexibility index (Phi) is 6.07. The Morgan fingerprint density at radius 3 is 2.58 bits per heavy atom. The average molecular weight is 422 g/mol. The number of hydrogen-bond donors (Lipinski definition) is 1. The lowest BCUT2D eigenvalue weighted by atomic mass is 10.0. The van der Waals surface area contributed by atoms with Crippen molar-refractivity contribution in [2.24, 2.45) is 0 Å². The van der Waals surface area contributed by atoms with Crippen LogP contribution in [0, 0.1) is 0 Å². The van der Waals surface area contributed by atoms with E-state index in [4.69, 9.17) is 9.72 Å². The number of carbonyl (C=O) groups excluding carboxylic acids is 1. The van der Waals surface area contributed by atoms with Gasteiger partial charge >= 0.3 is 0 Å². The number of amides is 1. The third kappa shape index (κ3) is 4.48. The highest BCUT2D eigenvalue weighted by atomic mass is 16.5. The third-order valence-corrected chi connectivity index (χ3v) is 5.92. The van der Waals surface area contributed by atoms with Crippen LogP contribution in [0.5, 0.6) is 0 Å². The zero-order chi connectivity index (χ0) is 22.0. The van der Waals surface area contributed by atoms with Crippen molar-refractivity contribution >= 4 is 16.9 Å². The van der Waals surface area contributed by atoms with Gasteiger partial charge < -0.3 is 10.1 Å². The molecule has 7 heteroatoms. The molecule has 0 spiro atoms. The Bertz CT molecular complexity index is 1050. The molecule has 1 N–H and O–H groups in total. The van der Waals surface area contributed by atoms with Gasteiger partial charge in [0.25, 0.3) is 5.91 Å². The van der Waals surface area contributed by atoms with Gasteiger partial charge in [-0.2, -0.15) is 5.10 Å². The van der Waals surface area contributed by atoms with Gasteiger partial charge in [-0.25, -0.2) is 9.67 Å². The molecule has 164 valence electrons. The monoisotopic (exact) mass is 421 g/mol. The number of nitrogens with one attached hydrogen (secondary N) is 1. The number of pyridine rings is 1. The van der Waals surface area contributed by atoms with Crippen molar-refractivity contribution in [1.29, 1.82) is 0 Å². The molecule has 3 aromatic rings. The van der Waals surface area contributed by atoms with Gasteiger partial charge in [-0.05, 0) is 33.8 Å². The van der Waals surface area contributed by atoms with Crippen LogP contribution < -0.4 is 5.32 Å². The van der Waals surface area contributed by atoms with Crippen LogP contribution in [-0.4, -0.2) is 64.0 Å². The summed E-state index contributed by atoms with van der Waals surface area (Å²) < 4.78 is 7.34. The lowest BCUT2D eigenvalue weighted by Gasteiger charge is -2.40. The summed E-state index contributed by atoms with van der Waals surface area (Å²) in [4.78, 5) is 20.5. The fraction of sp³-hybridized carbons (Fsp3) is 0.458. The van der Waals surface area contributed by atoms with Gasteiger partial charge in [0.1, 0.15) is 0 Å². The number of rotatable bonds is 6. The van der Waals surface area contributed by atoms with E-state index in [1.165, 1.54) is 0 Å². The summed E-state index contributed by atoms with van der Waals surface area (Å²) in [6.45, 7) is 12.2. The van der Waals surface area contributed by atoms with E-state index < -0.39 is 0 Å². The average Bonchev–Trinajstić information content (AvgIpc) is 3.22. The summed E-state index contributed by atoms with van der Waals surface area (Å²) >= 11 is 0. The van der Waals surface area contributed by atoms with Crippen molar-refractivity contribution in [2.45, 2.75) is 39.3 Å². The number of ether oxygens (including phenoxy) is 1. The van der Waals surface area contributed by atoms with Crippen molar-refractivity contribution in [2.75, 3.05) is 32.8 Å². The molecule has 4 rings (SSSR count). The standard InChI is InChI=1S/C24H31N5O2/c1-17(2)29-22-20(15-26-29)19(14-21(27-22)18-8-6-5-7-9-18)23(30)25-16-24(3,4)28-10-12-31-13-11-28/h5-9,14-15,17H,10-13,16H2,1-4H3,(H,25,30). The lowest BCUT2D eigenvalue weighted by molar-refractivity contribution is -0.00922. The van der Waals surface area contributed by atoms with Gasteiger partial charge in [0.05, 0.1) is 36.1 Å². The molecule has 3 heterocycles. The van der Waals surface area contributed by atoms with E-state index in [0.717, 1.165) is 48.6 Å². The normalized spacial score (nSPS) is 15.5. The first-order valence-corrected chi connectivity index (χ1v) is 10.9. The maximum atomic E-state index is 13.3. The second-order valence-electron chi connectivity index (χ2n) is 8.94. The van der Waals surface area contributed by atoms with Crippen LogP contribution in [0.2, 0.25) is 0 Å². The number of morpholine rings is 1. The maximum absolute atomic E-state index is 13.3. The Labute approximate surface area is 183 Å². The predicted molar refractivity (Wildman–Crippen MR) is 122 cm³/mol. The molecule has 1 aromatic carbocycles. The molecule has 1 saturated heterocycles. The van der Waals surface area contributed by atoms with Crippen LogP contribution in [0.1, 0.15) is 44.1 Å². The third-order valence-electron chi connectivity index (χ3n) is 5.92. The molecule has 1 amide bonds. The molecule has 0 unspecified atom stereocenters. The second kappa shape index (κ2) is 8.77. The van der Waals surface area contributed by atoms with Crippen LogP contribution in [0.15, 0.2) is 42.6 Å². The molecule has 1 aliphatic rings. The Hall–Kier alpha value is -2.77. The number of aromatic nitrogens is 3. The van der Waals surface area contributed by atoms with Crippen molar-refractivity contribution in [3.63, 3.8) is 0 Å². The van der Waals surface area contributed by atoms with E-state index in [1.54, 1.807) is 6.20 Å². The van der Waals surface area contributed by atoms with Gasteiger partial charge in [-0.1, -0.05) is 30.3 Å². The largest absolute Gasteiger partial charge is 0.379 e. The van der Waals surface area contributed by atoms with Gasteiger partial charge in [-0.15, -0.1) is 0 Å². The van der Waals surface area contributed by atoms with Crippen molar-refractivity contribution in [3.05, 3.63) is 48.2 Å². The Morgan fingerprint density at radius 2 is 1.90 bits per heavy atom. The quantitative estimate of drug-likeness (QED) is 0.659. The molecule has 0 atom stereocenters. The van der Waals surface area contributed by atoms with Gasteiger partial charge in [0, 0.05) is 36.8 Å². The first-order chi connectivity index (χ1) is 14.9. The van der Waals surface area contributed by atoms with Crippen LogP contribution in [0.3, 0.4) is 0 Å². The number of carbonyl (C=O) groups is 1. The van der Waals surface area contributed by atoms with E-state index in [2.05, 4.69) is 43.0 Å². The molecular formula is C24H31N5O2. The number of hydrogen-bond acceptors (Lipinski definition) is 5. The Balaban J connectivity index is 1.66. The lowest BCUT2D eigenvalue weighted by Crippen LogP contribution is -2.55. The van der Waals surface area contributed by atoms with Crippen LogP contribution >= 0.6 is 0 Å². The van der Waals surface area contributed by atoms with Gasteiger partial charge in [0.15, 0.2) is 5.65 Å². The highest BCUT2D eigenvalue weighted by molar-refractivity contribution is 6.06. The summed E-state index contributed by atoms with van der Waals surface area (Å²) in [5.74, 6) is -0.103. The summed E-state index contributed by atoms with van der Waals surface area (Å²) in [6, 6.07) is 12.0. The molecule has 1 aliphatic heterocycles. The summed E-state index contributed by atoms with van der Waals surface area (Å²) in [5, 5.41) is 8.44. The van der Waals surface area contributed by atoms with E-state index in [9.17, 15) is 4.79 Å². The number of benzene rings is 1. The van der Waals surface area contributed by atoms with Gasteiger partial charge in [0.2, 0.25) is 0 Å². The summed E-state index contributed by atoms with van der Waals surface area (Å²) in [5.41, 5.74) is 2.93. The van der Waals surface area contributed by atoms with Crippen molar-refractivity contribution in [3.8, 4) is 11.3 Å². The van der Waals surface area contributed by atoms with Crippen molar-refractivity contribution < 1.29 is 9.53 Å². The fourth-order valence-corrected chi connectivity index (χ4v) is 4.01. The smallest absolute Gasteiger partial charge is 0.252 e. The van der Waals surface area contributed by atoms with Crippen LogP contribution in [0.25, 0.3) is 22.3 Å². The SMILES string of the molecule is CC(C)n1ncc2c(C(=O)NCC(C)(C)N3CCOCC3)cc(-c3ccccc3)nc21. The van der Waals surface area contributed by atoms with Crippen molar-refractivity contribution in [1.82, 2.24) is 25.0 Å². The number of fused-ring (bicyclic) bond motifs is 1. The van der Waals surface area contributed by atoms with Crippen LogP contribution in [-0.2, 0) is 4.74 Å². The summed E-state index contributed by atoms with van der Waals surface area (Å²) in [7, 11) is 0. The zero-order valence-electron chi connectivity index (χ0n) is 18.8. The molecule has 2 aromatic heterocycles. The fourth-order valence-electron chi connectivity index (χ4n) is 4.01. The topological polar surface area (TPSA) is 72.3 Å². The second-order valence-corrected chi connectivity index (χ2v) is 8.94. The minimum absolute atomic E-state index is 0.103. The molecule has 0 radical (unpaired) electrons.